The van der Waals surface area contributed by atoms with Crippen molar-refractivity contribution in [3.05, 3.63) is 11.3 Å². The normalized spacial score (nSPS) is 17.5. The minimum absolute atomic E-state index is 0.0350. The van der Waals surface area contributed by atoms with Gasteiger partial charge < -0.3 is 4.90 Å². The lowest BCUT2D eigenvalue weighted by Crippen LogP contribution is -2.28. The standard InChI is InChI=1S/C10H18N4O2S/c1-7(2)14-9-4-5-13(3)6-8(9)10(12-14)17(11,15)16/h7H,4-6H2,1-3H3,(H2,11,15,16). The largest absolute Gasteiger partial charge is 0.302 e. The van der Waals surface area contributed by atoms with Gasteiger partial charge in [-0.05, 0) is 20.9 Å². The highest BCUT2D eigenvalue weighted by atomic mass is 32.2. The Balaban J connectivity index is 2.63. The molecule has 2 N–H and O–H groups in total. The van der Waals surface area contributed by atoms with Crippen LogP contribution < -0.4 is 5.14 Å². The number of hydrogen-bond donors (Lipinski definition) is 1. The lowest BCUT2D eigenvalue weighted by molar-refractivity contribution is 0.303. The van der Waals surface area contributed by atoms with Crippen molar-refractivity contribution in [2.45, 2.75) is 37.9 Å². The van der Waals surface area contributed by atoms with Crippen LogP contribution in [0.2, 0.25) is 0 Å². The third-order valence-corrected chi connectivity index (χ3v) is 3.87. The highest BCUT2D eigenvalue weighted by molar-refractivity contribution is 7.89. The Morgan fingerprint density at radius 1 is 1.41 bits per heavy atom. The van der Waals surface area contributed by atoms with E-state index in [4.69, 9.17) is 5.14 Å². The molecule has 0 saturated heterocycles. The van der Waals surface area contributed by atoms with E-state index in [-0.39, 0.29) is 11.1 Å². The maximum Gasteiger partial charge on any atom is 0.257 e. The van der Waals surface area contributed by atoms with E-state index in [0.717, 1.165) is 24.2 Å². The van der Waals surface area contributed by atoms with E-state index in [1.807, 2.05) is 20.9 Å². The van der Waals surface area contributed by atoms with E-state index >= 15 is 0 Å². The van der Waals surface area contributed by atoms with Gasteiger partial charge in [-0.2, -0.15) is 5.10 Å². The fraction of sp³-hybridized carbons (Fsp3) is 0.700. The van der Waals surface area contributed by atoms with Gasteiger partial charge in [0.25, 0.3) is 10.0 Å². The first-order chi connectivity index (χ1) is 7.80. The molecule has 1 aromatic heterocycles. The number of hydrogen-bond acceptors (Lipinski definition) is 4. The molecule has 7 heteroatoms. The first kappa shape index (κ1) is 12.5. The monoisotopic (exact) mass is 258 g/mol. The van der Waals surface area contributed by atoms with Gasteiger partial charge in [-0.1, -0.05) is 0 Å². The van der Waals surface area contributed by atoms with Gasteiger partial charge in [0.1, 0.15) is 0 Å². The first-order valence-electron chi connectivity index (χ1n) is 5.62. The Morgan fingerprint density at radius 2 is 2.06 bits per heavy atom. The molecule has 0 spiro atoms. The van der Waals surface area contributed by atoms with Crippen LogP contribution in [0.3, 0.4) is 0 Å². The second-order valence-electron chi connectivity index (χ2n) is 4.80. The summed E-state index contributed by atoms with van der Waals surface area (Å²) in [4.78, 5) is 2.07. The van der Waals surface area contributed by atoms with Crippen LogP contribution >= 0.6 is 0 Å². The molecule has 0 radical (unpaired) electrons. The summed E-state index contributed by atoms with van der Waals surface area (Å²) in [5, 5.41) is 9.43. The fourth-order valence-electron chi connectivity index (χ4n) is 2.21. The number of nitrogens with two attached hydrogens (primary N) is 1. The molecular weight excluding hydrogens is 240 g/mol. The summed E-state index contributed by atoms with van der Waals surface area (Å²) in [7, 11) is -1.78. The third kappa shape index (κ3) is 2.22. The van der Waals surface area contributed by atoms with Gasteiger partial charge in [-0.25, -0.2) is 13.6 Å². The van der Waals surface area contributed by atoms with Crippen LogP contribution in [-0.2, 0) is 23.0 Å². The zero-order valence-electron chi connectivity index (χ0n) is 10.3. The third-order valence-electron chi connectivity index (χ3n) is 3.00. The summed E-state index contributed by atoms with van der Waals surface area (Å²) < 4.78 is 24.8. The minimum Gasteiger partial charge on any atom is -0.302 e. The van der Waals surface area contributed by atoms with Crippen LogP contribution in [-0.4, -0.2) is 36.7 Å². The number of sulfonamides is 1. The van der Waals surface area contributed by atoms with E-state index in [1.165, 1.54) is 0 Å². The van der Waals surface area contributed by atoms with Crippen molar-refractivity contribution in [1.29, 1.82) is 0 Å². The maximum absolute atomic E-state index is 11.5. The lowest BCUT2D eigenvalue weighted by atomic mass is 10.1. The summed E-state index contributed by atoms with van der Waals surface area (Å²) in [5.74, 6) is 0. The zero-order chi connectivity index (χ0) is 12.8. The Kier molecular flexibility index (Phi) is 3.01. The van der Waals surface area contributed by atoms with Gasteiger partial charge in [-0.15, -0.1) is 0 Å². The maximum atomic E-state index is 11.5. The highest BCUT2D eigenvalue weighted by Gasteiger charge is 2.29. The average molecular weight is 258 g/mol. The quantitative estimate of drug-likeness (QED) is 0.815. The van der Waals surface area contributed by atoms with Crippen LogP contribution in [0.25, 0.3) is 0 Å². The van der Waals surface area contributed by atoms with Crippen molar-refractivity contribution in [3.63, 3.8) is 0 Å². The molecule has 0 aliphatic carbocycles. The van der Waals surface area contributed by atoms with Gasteiger partial charge in [0.05, 0.1) is 0 Å². The first-order valence-corrected chi connectivity index (χ1v) is 7.17. The smallest absolute Gasteiger partial charge is 0.257 e. The average Bonchev–Trinajstić information content (AvgIpc) is 2.55. The van der Waals surface area contributed by atoms with E-state index < -0.39 is 10.0 Å². The summed E-state index contributed by atoms with van der Waals surface area (Å²) in [5.41, 5.74) is 1.76. The number of primary sulfonamides is 1. The van der Waals surface area contributed by atoms with Crippen molar-refractivity contribution < 1.29 is 8.42 Å². The SMILES string of the molecule is CC(C)n1nc(S(N)(=O)=O)c2c1CCN(C)C2. The molecule has 17 heavy (non-hydrogen) atoms. The van der Waals surface area contributed by atoms with E-state index in [0.29, 0.717) is 6.54 Å². The Hall–Kier alpha value is -0.920. The van der Waals surface area contributed by atoms with E-state index in [2.05, 4.69) is 10.00 Å². The van der Waals surface area contributed by atoms with Gasteiger partial charge >= 0.3 is 0 Å². The van der Waals surface area contributed by atoms with Crippen molar-refractivity contribution in [2.24, 2.45) is 5.14 Å². The molecule has 1 aromatic rings. The molecular formula is C10H18N4O2S. The second kappa shape index (κ2) is 4.08. The van der Waals surface area contributed by atoms with Crippen LogP contribution in [0.5, 0.6) is 0 Å². The van der Waals surface area contributed by atoms with Gasteiger partial charge in [-0.3, -0.25) is 4.68 Å². The van der Waals surface area contributed by atoms with Gasteiger partial charge in [0, 0.05) is 36.8 Å². The molecule has 0 unspecified atom stereocenters. The van der Waals surface area contributed by atoms with Crippen molar-refractivity contribution >= 4 is 10.0 Å². The molecule has 1 aliphatic heterocycles. The Bertz CT molecular complexity index is 533. The van der Waals surface area contributed by atoms with E-state index in [9.17, 15) is 8.42 Å². The molecule has 2 rings (SSSR count). The van der Waals surface area contributed by atoms with Crippen molar-refractivity contribution in [2.75, 3.05) is 13.6 Å². The summed E-state index contributed by atoms with van der Waals surface area (Å²) in [6, 6.07) is 0.141. The molecule has 0 saturated carbocycles. The molecule has 2 heterocycles. The van der Waals surface area contributed by atoms with E-state index in [1.54, 1.807) is 4.68 Å². The predicted molar refractivity (Wildman–Crippen MR) is 64.0 cm³/mol. The highest BCUT2D eigenvalue weighted by Crippen LogP contribution is 2.26. The fourth-order valence-corrected chi connectivity index (χ4v) is 2.93. The molecule has 0 amide bonds. The van der Waals surface area contributed by atoms with Crippen molar-refractivity contribution in [3.8, 4) is 0 Å². The number of likely N-dealkylation sites (N-methyl/N-ethyl adjacent to an activating group) is 1. The summed E-state index contributed by atoms with van der Waals surface area (Å²) >= 11 is 0. The van der Waals surface area contributed by atoms with Crippen molar-refractivity contribution in [1.82, 2.24) is 14.7 Å². The molecule has 6 nitrogen and oxygen atoms in total. The summed E-state index contributed by atoms with van der Waals surface area (Å²) in [6.07, 6.45) is 0.812. The lowest BCUT2D eigenvalue weighted by Gasteiger charge is -2.24. The number of aromatic nitrogens is 2. The molecule has 96 valence electrons. The van der Waals surface area contributed by atoms with Gasteiger partial charge in [0.2, 0.25) is 0 Å². The van der Waals surface area contributed by atoms with Crippen LogP contribution in [0.4, 0.5) is 0 Å². The molecule has 0 aromatic carbocycles. The van der Waals surface area contributed by atoms with Crippen LogP contribution in [0.15, 0.2) is 5.03 Å². The molecule has 1 aliphatic rings. The zero-order valence-corrected chi connectivity index (χ0v) is 11.2. The Labute approximate surface area is 101 Å². The predicted octanol–water partition coefficient (Wildman–Crippen LogP) is 0.0993. The van der Waals surface area contributed by atoms with Crippen LogP contribution in [0, 0.1) is 0 Å². The van der Waals surface area contributed by atoms with Crippen LogP contribution in [0.1, 0.15) is 31.1 Å². The number of fused-ring (bicyclic) bond motifs is 1. The second-order valence-corrected chi connectivity index (χ2v) is 6.28. The topological polar surface area (TPSA) is 81.2 Å². The number of rotatable bonds is 2. The molecule has 0 bridgehead atoms. The molecule has 0 atom stereocenters. The Morgan fingerprint density at radius 3 is 2.59 bits per heavy atom. The molecule has 0 fully saturated rings. The summed E-state index contributed by atoms with van der Waals surface area (Å²) in [6.45, 7) is 5.47. The minimum atomic E-state index is -3.74. The van der Waals surface area contributed by atoms with Gasteiger partial charge in [0.15, 0.2) is 5.03 Å². The number of nitrogens with zero attached hydrogens (tertiary/aromatic N) is 3.